The van der Waals surface area contributed by atoms with Gasteiger partial charge in [-0.05, 0) is 106 Å². The molecule has 6 amide bonds. The molecular formula is C56H76F2N8O11Si. The van der Waals surface area contributed by atoms with Gasteiger partial charge in [-0.1, -0.05) is 49.2 Å². The Balaban J connectivity index is 1.02. The molecule has 5 heterocycles. The Labute approximate surface area is 456 Å². The molecule has 19 nitrogen and oxygen atoms in total. The molecule has 78 heavy (non-hydrogen) atoms. The zero-order valence-electron chi connectivity index (χ0n) is 45.8. The fourth-order valence-corrected chi connectivity index (χ4v) is 17.5. The van der Waals surface area contributed by atoms with E-state index in [9.17, 15) is 28.8 Å². The van der Waals surface area contributed by atoms with Crippen LogP contribution in [-0.2, 0) is 42.9 Å². The fraction of sp³-hybridized carbons (Fsp3) is 0.571. The average Bonchev–Trinajstić information content (AvgIpc) is 4.35. The van der Waals surface area contributed by atoms with Gasteiger partial charge >= 0.3 is 12.2 Å². The Morgan fingerprint density at radius 2 is 1.12 bits per heavy atom. The fourth-order valence-electron chi connectivity index (χ4n) is 12.5. The van der Waals surface area contributed by atoms with Crippen LogP contribution in [0.4, 0.5) is 41.1 Å². The van der Waals surface area contributed by atoms with Crippen molar-refractivity contribution in [3.05, 3.63) is 83.4 Å². The highest BCUT2D eigenvalue weighted by Crippen LogP contribution is 2.49. The minimum absolute atomic E-state index is 0.0126. The highest BCUT2D eigenvalue weighted by molar-refractivity contribution is 6.80. The second kappa shape index (κ2) is 25.6. The summed E-state index contributed by atoms with van der Waals surface area (Å²) in [5, 5.41) is 11.0. The molecule has 0 radical (unpaired) electrons. The normalized spacial score (nSPS) is 23.4. The maximum Gasteiger partial charge on any atom is 0.407 e. The summed E-state index contributed by atoms with van der Waals surface area (Å²) < 4.78 is 59.0. The van der Waals surface area contributed by atoms with Gasteiger partial charge in [0, 0.05) is 70.5 Å². The van der Waals surface area contributed by atoms with Crippen LogP contribution >= 0.6 is 0 Å². The molecule has 0 aliphatic carbocycles. The number of anilines is 4. The van der Waals surface area contributed by atoms with E-state index in [4.69, 9.17) is 23.7 Å². The van der Waals surface area contributed by atoms with Crippen LogP contribution in [-0.4, -0.2) is 158 Å². The summed E-state index contributed by atoms with van der Waals surface area (Å²) in [7, 11) is 5.42. The Bertz CT molecular complexity index is 2600. The first-order chi connectivity index (χ1) is 37.5. The third kappa shape index (κ3) is 12.7. The zero-order chi connectivity index (χ0) is 55.8. The number of likely N-dealkylation sites (tertiary alicyclic amines) is 2. The van der Waals surface area contributed by atoms with Gasteiger partial charge in [0.15, 0.2) is 11.6 Å². The number of nitrogens with one attached hydrogen (secondary N) is 4. The van der Waals surface area contributed by atoms with Gasteiger partial charge in [0.1, 0.15) is 29.9 Å². The van der Waals surface area contributed by atoms with E-state index in [1.54, 1.807) is 45.2 Å². The van der Waals surface area contributed by atoms with Crippen LogP contribution in [0.2, 0.25) is 24.2 Å². The summed E-state index contributed by atoms with van der Waals surface area (Å²) in [5.41, 5.74) is 3.04. The third-order valence-electron chi connectivity index (χ3n) is 17.0. The topological polar surface area (TPSA) is 210 Å². The maximum absolute atomic E-state index is 16.7. The van der Waals surface area contributed by atoms with E-state index in [-0.39, 0.29) is 36.1 Å². The van der Waals surface area contributed by atoms with E-state index in [2.05, 4.69) is 21.3 Å². The lowest BCUT2D eigenvalue weighted by atomic mass is 10.0. The summed E-state index contributed by atoms with van der Waals surface area (Å²) >= 11 is 0. The smallest absolute Gasteiger partial charge is 0.407 e. The highest BCUT2D eigenvalue weighted by Gasteiger charge is 2.45. The quantitative estimate of drug-likeness (QED) is 0.0920. The van der Waals surface area contributed by atoms with Gasteiger partial charge < -0.3 is 64.6 Å². The van der Waals surface area contributed by atoms with Crippen molar-refractivity contribution in [2.24, 2.45) is 5.92 Å². The summed E-state index contributed by atoms with van der Waals surface area (Å²) in [5.74, 6) is -3.16. The standard InChI is InChI=1S/C56H76F2N8O11Si/c1-34(74-4)48(61-55(71)76-6)53(69)64-22-10-11-46(64)51(67)59-39-16-12-37(13-17-39)44-20-21-45(66(44)41-30-42(57)50(43(58)31-41)63-23-27-78(28-24-63)25-8-9-26-78)38-14-18-40(19-15-38)60-52(68)47-29-36(33-73-3)32-65(47)54(70)49(35(2)75-5)62-56(72)77-7/h12-19,30-31,34-36,44-49H,8-11,20-29,32-33H2,1-7H3,(H,59,67)(H,60,68)(H,61,71)(H,62,72)/t34-,35-,36+,44+,45+,46+,47+,48+,49+/m1/s1. The van der Waals surface area contributed by atoms with Crippen molar-refractivity contribution >= 4 is 66.6 Å². The SMILES string of the molecule is COC[C@H]1C[C@@H](C(=O)Nc2ccc([C@@H]3CC[C@@H](c4ccc(NC(=O)[C@@H]5CCCN5C(=O)[C@@H](NC(=O)OC)[C@@H](C)OC)cc4)N3c3cc(F)c(N4CC[Si]5(CCCC5)CC4)c(F)c3)cc2)N(C(=O)[C@@H](NC(=O)OC)[C@@H](C)OC)C1. The number of ether oxygens (including phenoxy) is 5. The van der Waals surface area contributed by atoms with Crippen LogP contribution < -0.4 is 31.1 Å². The predicted octanol–water partition coefficient (Wildman–Crippen LogP) is 7.36. The number of carbonyl (C=O) groups excluding carboxylic acids is 6. The molecule has 1 spiro atoms. The van der Waals surface area contributed by atoms with Crippen LogP contribution in [0.5, 0.6) is 0 Å². The van der Waals surface area contributed by atoms with Crippen LogP contribution in [0.3, 0.4) is 0 Å². The number of rotatable bonds is 18. The van der Waals surface area contributed by atoms with Crippen molar-refractivity contribution in [1.82, 2.24) is 20.4 Å². The lowest BCUT2D eigenvalue weighted by molar-refractivity contribution is -0.141. The van der Waals surface area contributed by atoms with Crippen molar-refractivity contribution in [2.45, 2.75) is 131 Å². The minimum atomic E-state index is -1.37. The monoisotopic (exact) mass is 1100 g/mol. The molecule has 0 unspecified atom stereocenters. The third-order valence-corrected chi connectivity index (χ3v) is 22.4. The Morgan fingerprint density at radius 3 is 1.59 bits per heavy atom. The molecule has 3 aromatic rings. The first-order valence-corrected chi connectivity index (χ1v) is 30.0. The molecule has 3 aromatic carbocycles. The van der Waals surface area contributed by atoms with Gasteiger partial charge in [-0.3, -0.25) is 19.2 Å². The number of carbonyl (C=O) groups is 6. The number of hydrogen-bond donors (Lipinski definition) is 4. The largest absolute Gasteiger partial charge is 0.453 e. The van der Waals surface area contributed by atoms with Gasteiger partial charge in [-0.15, -0.1) is 0 Å². The molecule has 22 heteroatoms. The van der Waals surface area contributed by atoms with Gasteiger partial charge in [0.2, 0.25) is 23.6 Å². The average molecular weight is 1100 g/mol. The van der Waals surface area contributed by atoms with E-state index in [1.807, 2.05) is 34.1 Å². The number of benzene rings is 3. The van der Waals surface area contributed by atoms with Crippen molar-refractivity contribution in [3.63, 3.8) is 0 Å². The van der Waals surface area contributed by atoms with Gasteiger partial charge in [0.25, 0.3) is 0 Å². The number of alkyl carbamates (subject to hydrolysis) is 2. The molecule has 424 valence electrons. The Kier molecular flexibility index (Phi) is 19.0. The molecule has 8 rings (SSSR count). The van der Waals surface area contributed by atoms with Crippen molar-refractivity contribution in [1.29, 1.82) is 0 Å². The second-order valence-corrected chi connectivity index (χ2v) is 26.6. The predicted molar refractivity (Wildman–Crippen MR) is 292 cm³/mol. The van der Waals surface area contributed by atoms with E-state index in [0.717, 1.165) is 23.2 Å². The molecule has 0 saturated carbocycles. The van der Waals surface area contributed by atoms with Crippen molar-refractivity contribution < 1.29 is 61.2 Å². The number of amides is 6. The molecule has 5 aliphatic heterocycles. The molecule has 5 saturated heterocycles. The molecular weight excluding hydrogens is 1030 g/mol. The molecule has 5 fully saturated rings. The van der Waals surface area contributed by atoms with Gasteiger partial charge in [0.05, 0.1) is 53.2 Å². The summed E-state index contributed by atoms with van der Waals surface area (Å²) in [4.78, 5) is 87.1. The lowest BCUT2D eigenvalue weighted by Crippen LogP contribution is -2.56. The van der Waals surface area contributed by atoms with E-state index in [1.165, 1.54) is 75.3 Å². The number of halogens is 2. The Morgan fingerprint density at radius 1 is 0.628 bits per heavy atom. The first kappa shape index (κ1) is 57.8. The first-order valence-electron chi connectivity index (χ1n) is 27.2. The number of nitrogens with zero attached hydrogens (tertiary/aromatic N) is 4. The van der Waals surface area contributed by atoms with Crippen LogP contribution in [0.15, 0.2) is 60.7 Å². The summed E-state index contributed by atoms with van der Waals surface area (Å²) in [6.45, 7) is 5.43. The van der Waals surface area contributed by atoms with E-state index < -0.39 is 86.0 Å². The number of hydrogen-bond acceptors (Lipinski definition) is 13. The minimum Gasteiger partial charge on any atom is -0.453 e. The van der Waals surface area contributed by atoms with Crippen molar-refractivity contribution in [3.8, 4) is 0 Å². The van der Waals surface area contributed by atoms with Crippen molar-refractivity contribution in [2.75, 3.05) is 88.8 Å². The van der Waals surface area contributed by atoms with Crippen LogP contribution in [0, 0.1) is 17.6 Å². The summed E-state index contributed by atoms with van der Waals surface area (Å²) in [6.07, 6.45) is 2.02. The number of methoxy groups -OCH3 is 5. The molecule has 0 aromatic heterocycles. The van der Waals surface area contributed by atoms with Gasteiger partial charge in [-0.2, -0.15) is 0 Å². The summed E-state index contributed by atoms with van der Waals surface area (Å²) in [6, 6.07) is 17.6. The second-order valence-electron chi connectivity index (χ2n) is 21.6. The molecule has 4 N–H and O–H groups in total. The highest BCUT2D eigenvalue weighted by atomic mass is 28.3. The molecule has 5 aliphatic rings. The molecule has 9 atom stereocenters. The van der Waals surface area contributed by atoms with Crippen LogP contribution in [0.25, 0.3) is 0 Å². The zero-order valence-corrected chi connectivity index (χ0v) is 46.8. The van der Waals surface area contributed by atoms with E-state index in [0.29, 0.717) is 75.4 Å². The molecule has 0 bridgehead atoms. The van der Waals surface area contributed by atoms with Gasteiger partial charge in [-0.25, -0.2) is 18.4 Å². The lowest BCUT2D eigenvalue weighted by Gasteiger charge is -2.39. The Hall–Kier alpha value is -6.36. The maximum atomic E-state index is 16.7. The van der Waals surface area contributed by atoms with Crippen LogP contribution in [0.1, 0.15) is 82.0 Å². The van der Waals surface area contributed by atoms with E-state index >= 15 is 8.78 Å².